The molecule has 4 rings (SSSR count). The van der Waals surface area contributed by atoms with E-state index in [4.69, 9.17) is 28.3 Å². The molecule has 2 atom stereocenters. The number of carbonyl (C=O) groups excluding carboxylic acids is 1. The molecule has 1 saturated carbocycles. The maximum Gasteiger partial charge on any atom is 0.123 e. The summed E-state index contributed by atoms with van der Waals surface area (Å²) in [7, 11) is 0. The van der Waals surface area contributed by atoms with Crippen LogP contribution in [0.5, 0.6) is 0 Å². The molecule has 0 spiro atoms. The molecule has 0 saturated heterocycles. The number of nitrogens with zero attached hydrogens (tertiary/aromatic N) is 3. The molecule has 4 nitrogen and oxygen atoms in total. The van der Waals surface area contributed by atoms with E-state index in [2.05, 4.69) is 4.98 Å². The highest BCUT2D eigenvalue weighted by Gasteiger charge is 2.41. The standard InChI is InChI=1S/C18H13Cl2N3O/c19-15-4-3-13(7-16(15)20)23-18(14-6-12(14)10-24)8-17(22-23)11-2-1-5-21-9-11/h1-5,7-10,12,14H,6H2. The summed E-state index contributed by atoms with van der Waals surface area (Å²) in [4.78, 5) is 15.2. The van der Waals surface area contributed by atoms with Crippen molar-refractivity contribution in [2.24, 2.45) is 5.92 Å². The Morgan fingerprint density at radius 3 is 2.71 bits per heavy atom. The summed E-state index contributed by atoms with van der Waals surface area (Å²) in [5, 5.41) is 5.68. The lowest BCUT2D eigenvalue weighted by Gasteiger charge is -2.08. The van der Waals surface area contributed by atoms with Gasteiger partial charge in [-0.2, -0.15) is 5.10 Å². The van der Waals surface area contributed by atoms with Crippen molar-refractivity contribution in [2.45, 2.75) is 12.3 Å². The van der Waals surface area contributed by atoms with Gasteiger partial charge in [-0.3, -0.25) is 4.98 Å². The SMILES string of the molecule is O=CC1CC1c1cc(-c2cccnc2)nn1-c1ccc(Cl)c(Cl)c1. The van der Waals surface area contributed by atoms with Gasteiger partial charge in [0.05, 0.1) is 21.4 Å². The van der Waals surface area contributed by atoms with Gasteiger partial charge in [-0.25, -0.2) is 4.68 Å². The van der Waals surface area contributed by atoms with Crippen molar-refractivity contribution in [1.29, 1.82) is 0 Å². The summed E-state index contributed by atoms with van der Waals surface area (Å²) in [5.74, 6) is 0.250. The first-order valence-corrected chi connectivity index (χ1v) is 8.34. The Morgan fingerprint density at radius 1 is 1.17 bits per heavy atom. The average Bonchev–Trinajstić information content (AvgIpc) is 3.27. The largest absolute Gasteiger partial charge is 0.303 e. The molecular weight excluding hydrogens is 345 g/mol. The lowest BCUT2D eigenvalue weighted by atomic mass is 10.1. The summed E-state index contributed by atoms with van der Waals surface area (Å²) < 4.78 is 1.85. The second kappa shape index (κ2) is 6.04. The normalized spacial score (nSPS) is 19.2. The van der Waals surface area contributed by atoms with Crippen LogP contribution in [-0.2, 0) is 4.79 Å². The van der Waals surface area contributed by atoms with E-state index in [-0.39, 0.29) is 11.8 Å². The Morgan fingerprint density at radius 2 is 2.04 bits per heavy atom. The predicted molar refractivity (Wildman–Crippen MR) is 93.7 cm³/mol. The van der Waals surface area contributed by atoms with E-state index in [1.54, 1.807) is 24.5 Å². The van der Waals surface area contributed by atoms with Crippen molar-refractivity contribution in [3.63, 3.8) is 0 Å². The molecule has 0 N–H and O–H groups in total. The van der Waals surface area contributed by atoms with Crippen LogP contribution in [0, 0.1) is 5.92 Å². The monoisotopic (exact) mass is 357 g/mol. The quantitative estimate of drug-likeness (QED) is 0.643. The first-order chi connectivity index (χ1) is 11.7. The third kappa shape index (κ3) is 2.72. The summed E-state index contributed by atoms with van der Waals surface area (Å²) in [6, 6.07) is 11.3. The molecule has 2 unspecified atom stereocenters. The third-order valence-corrected chi connectivity index (χ3v) is 4.98. The molecule has 2 heterocycles. The molecule has 24 heavy (non-hydrogen) atoms. The van der Waals surface area contributed by atoms with Gasteiger partial charge < -0.3 is 4.79 Å². The van der Waals surface area contributed by atoms with E-state index in [1.165, 1.54) is 0 Å². The van der Waals surface area contributed by atoms with Gasteiger partial charge in [0.1, 0.15) is 6.29 Å². The van der Waals surface area contributed by atoms with Crippen LogP contribution < -0.4 is 0 Å². The molecule has 0 radical (unpaired) electrons. The number of carbonyl (C=O) groups is 1. The molecule has 1 fully saturated rings. The maximum atomic E-state index is 11.1. The van der Waals surface area contributed by atoms with Gasteiger partial charge in [0.25, 0.3) is 0 Å². The summed E-state index contributed by atoms with van der Waals surface area (Å²) in [6.45, 7) is 0. The molecule has 0 amide bonds. The Balaban J connectivity index is 1.83. The topological polar surface area (TPSA) is 47.8 Å². The Bertz CT molecular complexity index is 908. The van der Waals surface area contributed by atoms with Gasteiger partial charge in [-0.05, 0) is 42.8 Å². The number of hydrogen-bond donors (Lipinski definition) is 0. The predicted octanol–water partition coefficient (Wildman–Crippen LogP) is 4.54. The molecule has 0 bridgehead atoms. The number of benzene rings is 1. The second-order valence-corrected chi connectivity index (χ2v) is 6.66. The van der Waals surface area contributed by atoms with E-state index in [9.17, 15) is 4.79 Å². The van der Waals surface area contributed by atoms with E-state index >= 15 is 0 Å². The molecule has 120 valence electrons. The van der Waals surface area contributed by atoms with Gasteiger partial charge >= 0.3 is 0 Å². The van der Waals surface area contributed by atoms with Gasteiger partial charge in [-0.1, -0.05) is 23.2 Å². The minimum Gasteiger partial charge on any atom is -0.303 e. The molecule has 6 heteroatoms. The Kier molecular flexibility index (Phi) is 3.87. The van der Waals surface area contributed by atoms with Crippen molar-refractivity contribution in [3.8, 4) is 16.9 Å². The number of halogens is 2. The van der Waals surface area contributed by atoms with Crippen molar-refractivity contribution >= 4 is 29.5 Å². The second-order valence-electron chi connectivity index (χ2n) is 5.85. The van der Waals surface area contributed by atoms with E-state index < -0.39 is 0 Å². The van der Waals surface area contributed by atoms with Crippen molar-refractivity contribution in [1.82, 2.24) is 14.8 Å². The highest BCUT2D eigenvalue weighted by atomic mass is 35.5. The molecule has 1 aliphatic rings. The maximum absolute atomic E-state index is 11.1. The number of aldehydes is 1. The van der Waals surface area contributed by atoms with Crippen LogP contribution in [0.1, 0.15) is 18.0 Å². The number of aromatic nitrogens is 3. The molecule has 1 aliphatic carbocycles. The van der Waals surface area contributed by atoms with Gasteiger partial charge in [0.2, 0.25) is 0 Å². The third-order valence-electron chi connectivity index (χ3n) is 4.24. The molecular formula is C18H13Cl2N3O. The van der Waals surface area contributed by atoms with Crippen LogP contribution in [0.15, 0.2) is 48.8 Å². The smallest absolute Gasteiger partial charge is 0.123 e. The van der Waals surface area contributed by atoms with Crippen molar-refractivity contribution in [3.05, 3.63) is 64.5 Å². The van der Waals surface area contributed by atoms with Gasteiger partial charge in [-0.15, -0.1) is 0 Å². The lowest BCUT2D eigenvalue weighted by molar-refractivity contribution is -0.108. The molecule has 2 aromatic heterocycles. The first kappa shape index (κ1) is 15.4. The summed E-state index contributed by atoms with van der Waals surface area (Å²) >= 11 is 12.2. The van der Waals surface area contributed by atoms with Gasteiger partial charge in [0, 0.05) is 35.5 Å². The zero-order chi connectivity index (χ0) is 16.7. The minimum atomic E-state index is 0.0602. The van der Waals surface area contributed by atoms with Crippen LogP contribution in [0.3, 0.4) is 0 Å². The van der Waals surface area contributed by atoms with Crippen molar-refractivity contribution in [2.75, 3.05) is 0 Å². The van der Waals surface area contributed by atoms with Crippen LogP contribution in [0.2, 0.25) is 10.0 Å². The zero-order valence-electron chi connectivity index (χ0n) is 12.6. The van der Waals surface area contributed by atoms with Crippen LogP contribution in [0.4, 0.5) is 0 Å². The van der Waals surface area contributed by atoms with Gasteiger partial charge in [0.15, 0.2) is 0 Å². The highest BCUT2D eigenvalue weighted by molar-refractivity contribution is 6.42. The zero-order valence-corrected chi connectivity index (χ0v) is 14.1. The molecule has 3 aromatic rings. The Labute approximate surface area is 149 Å². The van der Waals surface area contributed by atoms with Crippen LogP contribution >= 0.6 is 23.2 Å². The lowest BCUT2D eigenvalue weighted by Crippen LogP contribution is -2.02. The van der Waals surface area contributed by atoms with E-state index in [0.717, 1.165) is 35.3 Å². The number of rotatable bonds is 4. The first-order valence-electron chi connectivity index (χ1n) is 7.58. The average molecular weight is 358 g/mol. The van der Waals surface area contributed by atoms with Crippen LogP contribution in [-0.4, -0.2) is 21.1 Å². The number of hydrogen-bond acceptors (Lipinski definition) is 3. The fourth-order valence-electron chi connectivity index (χ4n) is 2.84. The fourth-order valence-corrected chi connectivity index (χ4v) is 3.14. The minimum absolute atomic E-state index is 0.0602. The summed E-state index contributed by atoms with van der Waals surface area (Å²) in [5.41, 5.74) is 3.58. The van der Waals surface area contributed by atoms with E-state index in [0.29, 0.717) is 10.0 Å². The van der Waals surface area contributed by atoms with E-state index in [1.807, 2.05) is 28.9 Å². The highest BCUT2D eigenvalue weighted by Crippen LogP contribution is 2.47. The summed E-state index contributed by atoms with van der Waals surface area (Å²) in [6.07, 6.45) is 5.36. The molecule has 0 aliphatic heterocycles. The molecule has 1 aromatic carbocycles. The van der Waals surface area contributed by atoms with Crippen LogP contribution in [0.25, 0.3) is 16.9 Å². The number of pyridine rings is 1. The Hall–Kier alpha value is -2.17. The van der Waals surface area contributed by atoms with Crippen molar-refractivity contribution < 1.29 is 4.79 Å². The fraction of sp³-hybridized carbons (Fsp3) is 0.167.